The summed E-state index contributed by atoms with van der Waals surface area (Å²) in [6.07, 6.45) is 8.90. The molecule has 0 aromatic rings. The zero-order valence-electron chi connectivity index (χ0n) is 24.5. The fourth-order valence-corrected chi connectivity index (χ4v) is 9.77. The zero-order chi connectivity index (χ0) is 27.3. The van der Waals surface area contributed by atoms with Crippen molar-refractivity contribution in [1.82, 2.24) is 0 Å². The molecule has 4 aliphatic rings. The Bertz CT molecular complexity index is 896. The summed E-state index contributed by atoms with van der Waals surface area (Å²) in [5, 5.41) is 12.3. The number of aliphatic hydroxyl groups is 1. The molecule has 0 heterocycles. The largest absolute Gasteiger partial charge is 0.462 e. The molecule has 10 atom stereocenters. The number of hydrogen-bond donors (Lipinski definition) is 1. The van der Waals surface area contributed by atoms with E-state index in [1.54, 1.807) is 0 Å². The van der Waals surface area contributed by atoms with Crippen LogP contribution in [0.25, 0.3) is 0 Å². The van der Waals surface area contributed by atoms with E-state index >= 15 is 0 Å². The molecule has 4 fully saturated rings. The van der Waals surface area contributed by atoms with Gasteiger partial charge >= 0.3 is 11.9 Å². The molecule has 0 aromatic heterocycles. The lowest BCUT2D eigenvalue weighted by Crippen LogP contribution is -2.69. The van der Waals surface area contributed by atoms with Crippen molar-refractivity contribution in [3.05, 3.63) is 12.2 Å². The molecule has 0 radical (unpaired) electrons. The highest BCUT2D eigenvalue weighted by atomic mass is 16.6. The van der Waals surface area contributed by atoms with Gasteiger partial charge in [0.05, 0.1) is 0 Å². The molecule has 3 unspecified atom stereocenters. The summed E-state index contributed by atoms with van der Waals surface area (Å²) >= 11 is 0. The van der Waals surface area contributed by atoms with Crippen LogP contribution in [0.4, 0.5) is 0 Å². The third-order valence-corrected chi connectivity index (χ3v) is 11.9. The van der Waals surface area contributed by atoms with Crippen molar-refractivity contribution in [2.45, 2.75) is 130 Å². The fraction of sp³-hybridized carbons (Fsp3) is 0.875. The first-order chi connectivity index (χ1) is 17.2. The molecule has 210 valence electrons. The second-order valence-corrected chi connectivity index (χ2v) is 14.1. The zero-order valence-corrected chi connectivity index (χ0v) is 24.5. The Morgan fingerprint density at radius 2 is 1.65 bits per heavy atom. The molecule has 0 spiro atoms. The van der Waals surface area contributed by atoms with Crippen molar-refractivity contribution in [2.24, 2.45) is 46.3 Å². The van der Waals surface area contributed by atoms with E-state index in [0.29, 0.717) is 53.8 Å². The van der Waals surface area contributed by atoms with E-state index in [9.17, 15) is 14.7 Å². The van der Waals surface area contributed by atoms with Crippen LogP contribution in [0.1, 0.15) is 113 Å². The van der Waals surface area contributed by atoms with Crippen LogP contribution in [0, 0.1) is 46.3 Å². The van der Waals surface area contributed by atoms with Crippen LogP contribution in [0.2, 0.25) is 0 Å². The van der Waals surface area contributed by atoms with Crippen molar-refractivity contribution in [3.8, 4) is 0 Å². The van der Waals surface area contributed by atoms with Crippen molar-refractivity contribution in [1.29, 1.82) is 0 Å². The number of allylic oxidation sites excluding steroid dienone is 1. The third-order valence-electron chi connectivity index (χ3n) is 11.9. The molecule has 4 aliphatic carbocycles. The highest BCUT2D eigenvalue weighted by Gasteiger charge is 2.68. The molecule has 1 N–H and O–H groups in total. The molecular weight excluding hydrogens is 464 g/mol. The lowest BCUT2D eigenvalue weighted by Gasteiger charge is -2.65. The van der Waals surface area contributed by atoms with E-state index in [4.69, 9.17) is 9.47 Å². The Balaban J connectivity index is 1.59. The van der Waals surface area contributed by atoms with Crippen LogP contribution in [0.15, 0.2) is 12.2 Å². The van der Waals surface area contributed by atoms with E-state index in [0.717, 1.165) is 25.7 Å². The summed E-state index contributed by atoms with van der Waals surface area (Å²) < 4.78 is 11.5. The first-order valence-corrected chi connectivity index (χ1v) is 15.0. The summed E-state index contributed by atoms with van der Waals surface area (Å²) in [5.41, 5.74) is 0.131. The maximum Gasteiger partial charge on any atom is 0.303 e. The first kappa shape index (κ1) is 28.6. The fourth-order valence-electron chi connectivity index (χ4n) is 9.77. The third kappa shape index (κ3) is 4.92. The number of hydrogen-bond acceptors (Lipinski definition) is 5. The SMILES string of the molecule is C=C(CC[C@@H](C)[C@H]1CC[C@H]2[C@@H]3CC(OC(C)=O)C4(O)CC(OC(C)=O)CC[C@]4(C)[C@H]3CC[C@]12C)C(C)C. The number of esters is 2. The van der Waals surface area contributed by atoms with Crippen molar-refractivity contribution < 1.29 is 24.2 Å². The van der Waals surface area contributed by atoms with E-state index in [1.165, 1.54) is 45.1 Å². The van der Waals surface area contributed by atoms with Crippen molar-refractivity contribution in [3.63, 3.8) is 0 Å². The second kappa shape index (κ2) is 10.3. The van der Waals surface area contributed by atoms with Gasteiger partial charge in [0.2, 0.25) is 0 Å². The molecule has 4 saturated carbocycles. The molecule has 0 saturated heterocycles. The summed E-state index contributed by atoms with van der Waals surface area (Å²) in [4.78, 5) is 23.9. The van der Waals surface area contributed by atoms with Gasteiger partial charge in [-0.2, -0.15) is 0 Å². The van der Waals surface area contributed by atoms with E-state index in [-0.39, 0.29) is 23.5 Å². The Morgan fingerprint density at radius 3 is 2.27 bits per heavy atom. The highest BCUT2D eigenvalue weighted by Crippen LogP contribution is 2.69. The van der Waals surface area contributed by atoms with Gasteiger partial charge in [0.25, 0.3) is 0 Å². The summed E-state index contributed by atoms with van der Waals surface area (Å²) in [6.45, 7) is 18.9. The van der Waals surface area contributed by atoms with Gasteiger partial charge in [-0.15, -0.1) is 0 Å². The summed E-state index contributed by atoms with van der Waals surface area (Å²) in [5.74, 6) is 2.71. The molecule has 5 heteroatoms. The van der Waals surface area contributed by atoms with Crippen LogP contribution in [-0.4, -0.2) is 34.9 Å². The topological polar surface area (TPSA) is 72.8 Å². The molecule has 37 heavy (non-hydrogen) atoms. The predicted molar refractivity (Wildman–Crippen MR) is 146 cm³/mol. The Morgan fingerprint density at radius 1 is 0.973 bits per heavy atom. The smallest absolute Gasteiger partial charge is 0.303 e. The van der Waals surface area contributed by atoms with E-state index in [1.807, 2.05) is 0 Å². The van der Waals surface area contributed by atoms with Crippen LogP contribution in [0.3, 0.4) is 0 Å². The van der Waals surface area contributed by atoms with Crippen LogP contribution < -0.4 is 0 Å². The second-order valence-electron chi connectivity index (χ2n) is 14.1. The first-order valence-electron chi connectivity index (χ1n) is 15.0. The minimum Gasteiger partial charge on any atom is -0.462 e. The van der Waals surface area contributed by atoms with Gasteiger partial charge in [0, 0.05) is 25.7 Å². The van der Waals surface area contributed by atoms with Gasteiger partial charge in [-0.25, -0.2) is 0 Å². The van der Waals surface area contributed by atoms with Gasteiger partial charge in [0.1, 0.15) is 17.8 Å². The predicted octanol–water partition coefficient (Wildman–Crippen LogP) is 6.86. The molecule has 5 nitrogen and oxygen atoms in total. The summed E-state index contributed by atoms with van der Waals surface area (Å²) in [6, 6.07) is 0. The molecule has 0 bridgehead atoms. The standard InChI is InChI=1S/C32H52O5/c1-19(2)20(3)9-10-21(4)26-11-12-27-25-17-29(37-23(6)34)32(35)18-24(36-22(5)33)13-16-31(32,8)28(25)14-15-30(26,27)7/h19,21,24-29,35H,3,9-18H2,1-2,4-8H3/t21-,24?,25+,26-,27+,28+,29?,30-,31-,32?/m1/s1. The van der Waals surface area contributed by atoms with Gasteiger partial charge < -0.3 is 14.6 Å². The number of carbonyl (C=O) groups is 2. The van der Waals surface area contributed by atoms with E-state index < -0.39 is 11.7 Å². The average Bonchev–Trinajstić information content (AvgIpc) is 3.15. The minimum atomic E-state index is -1.17. The quantitative estimate of drug-likeness (QED) is 0.295. The average molecular weight is 517 g/mol. The van der Waals surface area contributed by atoms with Gasteiger partial charge in [0.15, 0.2) is 0 Å². The summed E-state index contributed by atoms with van der Waals surface area (Å²) in [7, 11) is 0. The number of ether oxygens (including phenoxy) is 2. The van der Waals surface area contributed by atoms with Gasteiger partial charge in [-0.05, 0) is 98.7 Å². The Labute approximate surface area is 225 Å². The lowest BCUT2D eigenvalue weighted by molar-refractivity contribution is -0.271. The monoisotopic (exact) mass is 516 g/mol. The maximum absolute atomic E-state index is 12.3. The highest BCUT2D eigenvalue weighted by molar-refractivity contribution is 5.66. The number of carbonyl (C=O) groups excluding carboxylic acids is 2. The Kier molecular flexibility index (Phi) is 7.99. The van der Waals surface area contributed by atoms with E-state index in [2.05, 4.69) is 41.2 Å². The number of rotatable bonds is 7. The van der Waals surface area contributed by atoms with Gasteiger partial charge in [-0.3, -0.25) is 9.59 Å². The Hall–Kier alpha value is -1.36. The molecule has 0 aromatic carbocycles. The molecule has 0 amide bonds. The maximum atomic E-state index is 12.3. The normalized spacial score (nSPS) is 43.8. The van der Waals surface area contributed by atoms with Crippen LogP contribution in [0.5, 0.6) is 0 Å². The molecule has 0 aliphatic heterocycles. The van der Waals surface area contributed by atoms with Crippen molar-refractivity contribution in [2.75, 3.05) is 0 Å². The molecular formula is C32H52O5. The number of fused-ring (bicyclic) bond motifs is 5. The van der Waals surface area contributed by atoms with Crippen molar-refractivity contribution >= 4 is 11.9 Å². The van der Waals surface area contributed by atoms with Crippen LogP contribution in [-0.2, 0) is 19.1 Å². The minimum absolute atomic E-state index is 0.293. The van der Waals surface area contributed by atoms with Gasteiger partial charge in [-0.1, -0.05) is 46.8 Å². The molecule has 4 rings (SSSR count). The van der Waals surface area contributed by atoms with Crippen LogP contribution >= 0.6 is 0 Å². The lowest BCUT2D eigenvalue weighted by atomic mass is 9.42.